The second-order valence-corrected chi connectivity index (χ2v) is 12.7. The third-order valence-electron chi connectivity index (χ3n) is 8.42. The molecule has 2 heterocycles. The second kappa shape index (κ2) is 20.7. The molecule has 0 radical (unpaired) electrons. The van der Waals surface area contributed by atoms with Gasteiger partial charge in [-0.3, -0.25) is 0 Å². The third kappa shape index (κ3) is 17.3. The van der Waals surface area contributed by atoms with Gasteiger partial charge < -0.3 is 31.1 Å². The predicted molar refractivity (Wildman–Crippen MR) is 157 cm³/mol. The van der Waals surface area contributed by atoms with E-state index in [0.717, 1.165) is 67.7 Å². The highest BCUT2D eigenvalue weighted by molar-refractivity contribution is 4.77. The first-order chi connectivity index (χ1) is 16.0. The summed E-state index contributed by atoms with van der Waals surface area (Å²) in [5.41, 5.74) is 0. The minimum Gasteiger partial charge on any atom is -0.412 e. The fraction of sp³-hybridized carbons (Fsp3) is 1.00. The number of ether oxygens (including phenoxy) is 2. The molecule has 4 rings (SSSR count). The van der Waals surface area contributed by atoms with Crippen LogP contribution in [0.15, 0.2) is 0 Å². The van der Waals surface area contributed by atoms with Crippen LogP contribution in [0.3, 0.4) is 0 Å². The van der Waals surface area contributed by atoms with Crippen molar-refractivity contribution in [2.45, 2.75) is 120 Å². The van der Waals surface area contributed by atoms with Gasteiger partial charge in [0.15, 0.2) is 6.29 Å². The van der Waals surface area contributed by atoms with Gasteiger partial charge in [-0.2, -0.15) is 0 Å². The van der Waals surface area contributed by atoms with E-state index in [0.29, 0.717) is 12.1 Å². The van der Waals surface area contributed by atoms with Crippen LogP contribution < -0.4 is 10.6 Å². The van der Waals surface area contributed by atoms with Crippen LogP contribution in [-0.4, -0.2) is 49.7 Å². The van der Waals surface area contributed by atoms with Gasteiger partial charge in [0.25, 0.3) is 0 Å². The predicted octanol–water partition coefficient (Wildman–Crippen LogP) is 5.93. The largest absolute Gasteiger partial charge is 0.412 e. The fourth-order valence-corrected chi connectivity index (χ4v) is 5.38. The number of rotatable bonds is 0. The molecule has 0 bridgehead atoms. The molecule has 6 N–H and O–H groups in total. The highest BCUT2D eigenvalue weighted by atomic mass is 16.7. The molecule has 0 amide bonds. The van der Waals surface area contributed by atoms with Crippen molar-refractivity contribution >= 4 is 0 Å². The molecule has 36 heavy (non-hydrogen) atoms. The zero-order valence-electron chi connectivity index (χ0n) is 25.7. The molecule has 2 aliphatic carbocycles. The molecule has 2 saturated carbocycles. The quantitative estimate of drug-likeness (QED) is 0.413. The van der Waals surface area contributed by atoms with Crippen molar-refractivity contribution in [3.05, 3.63) is 0 Å². The lowest BCUT2D eigenvalue weighted by Gasteiger charge is -2.35. The van der Waals surface area contributed by atoms with Gasteiger partial charge in [-0.15, -0.1) is 0 Å². The smallest absolute Gasteiger partial charge is 0.154 e. The van der Waals surface area contributed by atoms with E-state index in [1.807, 2.05) is 6.92 Å². The highest BCUT2D eigenvalue weighted by Gasteiger charge is 2.27. The average Bonchev–Trinajstić information content (AvgIpc) is 2.79. The van der Waals surface area contributed by atoms with E-state index in [4.69, 9.17) is 9.47 Å². The van der Waals surface area contributed by atoms with E-state index >= 15 is 0 Å². The van der Waals surface area contributed by atoms with Crippen molar-refractivity contribution in [3.63, 3.8) is 0 Å². The van der Waals surface area contributed by atoms with Gasteiger partial charge in [0, 0.05) is 20.4 Å². The first kappa shape index (κ1) is 37.9. The normalized spacial score (nSPS) is 40.2. The van der Waals surface area contributed by atoms with Crippen LogP contribution in [0.2, 0.25) is 0 Å². The van der Waals surface area contributed by atoms with Gasteiger partial charge in [-0.05, 0) is 68.1 Å². The molecule has 0 spiro atoms. The zero-order valence-corrected chi connectivity index (χ0v) is 25.7. The molecule has 2 unspecified atom stereocenters. The molecule has 6 nitrogen and oxygen atoms in total. The first-order valence-electron chi connectivity index (χ1n) is 14.7. The van der Waals surface area contributed by atoms with Crippen molar-refractivity contribution in [3.8, 4) is 0 Å². The Labute approximate surface area is 226 Å². The standard InChI is InChI=1S/C10H20.C8H16.C6H14N2.C6H12O2.2H2O.H2/c1-7-5-8(2)10(4)9(3)6-7;1-7-3-5-8(2)6-4-7;2*1-5-3-7-6(2)8-4-5;;;/h7-10H,5-6H2,1-4H3;7-8H,3-6H2,1-2H3;5-8H,3-4H2,1-2H3;5-6H,3-4H2,1-2H3;2*1H2;1H. The van der Waals surface area contributed by atoms with E-state index in [1.54, 1.807) is 0 Å². The molecule has 6 heteroatoms. The molecule has 2 saturated heterocycles. The molecular weight excluding hydrogens is 452 g/mol. The Morgan fingerprint density at radius 3 is 1.25 bits per heavy atom. The van der Waals surface area contributed by atoms with Crippen molar-refractivity contribution in [1.29, 1.82) is 0 Å². The molecular formula is C30H68N2O4. The lowest BCUT2D eigenvalue weighted by molar-refractivity contribution is -0.187. The molecule has 0 aromatic rings. The summed E-state index contributed by atoms with van der Waals surface area (Å²) in [6.07, 6.45) is 9.33. The van der Waals surface area contributed by atoms with Gasteiger partial charge in [-0.25, -0.2) is 0 Å². The van der Waals surface area contributed by atoms with Crippen LogP contribution in [0.4, 0.5) is 0 Å². The summed E-state index contributed by atoms with van der Waals surface area (Å²) in [4.78, 5) is 0. The maximum absolute atomic E-state index is 5.17. The van der Waals surface area contributed by atoms with Gasteiger partial charge in [0.1, 0.15) is 0 Å². The van der Waals surface area contributed by atoms with Crippen LogP contribution in [-0.2, 0) is 9.47 Å². The van der Waals surface area contributed by atoms with E-state index < -0.39 is 0 Å². The molecule has 222 valence electrons. The summed E-state index contributed by atoms with van der Waals surface area (Å²) in [6, 6.07) is 0. The number of hydrogen-bond acceptors (Lipinski definition) is 4. The SMILES string of the molecule is CC1CC(C)C(C)C(C)C1.CC1CCC(C)CC1.CC1CNC(C)NC1.CC1COC(C)OC1.O.O.[HH]. The molecule has 4 fully saturated rings. The van der Waals surface area contributed by atoms with Crippen LogP contribution in [0.1, 0.15) is 109 Å². The van der Waals surface area contributed by atoms with Crippen molar-refractivity contribution in [2.75, 3.05) is 26.3 Å². The summed E-state index contributed by atoms with van der Waals surface area (Å²) in [5, 5.41) is 6.64. The topological polar surface area (TPSA) is 106 Å². The lowest BCUT2D eigenvalue weighted by atomic mass is 9.71. The van der Waals surface area contributed by atoms with Crippen LogP contribution >= 0.6 is 0 Å². The third-order valence-corrected chi connectivity index (χ3v) is 8.42. The average molecular weight is 521 g/mol. The Morgan fingerprint density at radius 2 is 0.917 bits per heavy atom. The molecule has 0 aromatic heterocycles. The molecule has 2 atom stereocenters. The summed E-state index contributed by atoms with van der Waals surface area (Å²) >= 11 is 0. The van der Waals surface area contributed by atoms with Crippen molar-refractivity contribution in [1.82, 2.24) is 10.6 Å². The van der Waals surface area contributed by atoms with Crippen molar-refractivity contribution in [2.24, 2.45) is 47.3 Å². The Kier molecular flexibility index (Phi) is 21.8. The minimum absolute atomic E-state index is 0. The Bertz CT molecular complexity index is 402. The minimum atomic E-state index is 0. The molecule has 0 aromatic carbocycles. The molecule has 2 aliphatic heterocycles. The van der Waals surface area contributed by atoms with Crippen LogP contribution in [0.25, 0.3) is 0 Å². The number of nitrogens with one attached hydrogen (secondary N) is 2. The Balaban J connectivity index is -0.000000407. The van der Waals surface area contributed by atoms with Crippen molar-refractivity contribution < 1.29 is 21.9 Å². The number of hydrogen-bond donors (Lipinski definition) is 2. The Morgan fingerprint density at radius 1 is 0.528 bits per heavy atom. The van der Waals surface area contributed by atoms with Gasteiger partial charge in [0.2, 0.25) is 0 Å². The van der Waals surface area contributed by atoms with Gasteiger partial charge in [-0.1, -0.05) is 81.1 Å². The van der Waals surface area contributed by atoms with E-state index in [9.17, 15) is 0 Å². The van der Waals surface area contributed by atoms with Crippen LogP contribution in [0.5, 0.6) is 0 Å². The monoisotopic (exact) mass is 521 g/mol. The second-order valence-electron chi connectivity index (χ2n) is 12.7. The van der Waals surface area contributed by atoms with E-state index in [2.05, 4.69) is 72.9 Å². The summed E-state index contributed by atoms with van der Waals surface area (Å²) in [6.45, 7) is 26.8. The first-order valence-corrected chi connectivity index (χ1v) is 14.7. The van der Waals surface area contributed by atoms with Gasteiger partial charge in [0.05, 0.1) is 19.4 Å². The maximum atomic E-state index is 5.17. The summed E-state index contributed by atoms with van der Waals surface area (Å²) in [5.74, 6) is 7.25. The van der Waals surface area contributed by atoms with Gasteiger partial charge >= 0.3 is 0 Å². The summed E-state index contributed by atoms with van der Waals surface area (Å²) in [7, 11) is 0. The fourth-order valence-electron chi connectivity index (χ4n) is 5.38. The van der Waals surface area contributed by atoms with E-state index in [-0.39, 0.29) is 18.7 Å². The summed E-state index contributed by atoms with van der Waals surface area (Å²) < 4.78 is 10.3. The Hall–Kier alpha value is -0.240. The molecule has 4 aliphatic rings. The maximum Gasteiger partial charge on any atom is 0.154 e. The highest BCUT2D eigenvalue weighted by Crippen LogP contribution is 2.37. The van der Waals surface area contributed by atoms with Crippen LogP contribution in [0, 0.1) is 47.3 Å². The lowest BCUT2D eigenvalue weighted by Crippen LogP contribution is -2.50. The van der Waals surface area contributed by atoms with E-state index in [1.165, 1.54) is 38.5 Å². The zero-order chi connectivity index (χ0) is 25.7.